The van der Waals surface area contributed by atoms with E-state index in [0.29, 0.717) is 0 Å². The predicted octanol–water partition coefficient (Wildman–Crippen LogP) is 2.66. The Balaban J connectivity index is 2.84. The molecule has 112 valence electrons. The van der Waals surface area contributed by atoms with Crippen LogP contribution in [0, 0.1) is 0 Å². The second-order valence-corrected chi connectivity index (χ2v) is 4.48. The molecule has 0 saturated carbocycles. The van der Waals surface area contributed by atoms with Crippen LogP contribution in [0.4, 0.5) is 18.9 Å². The largest absolute Gasteiger partial charge is 0.416 e. The molecule has 0 aliphatic carbocycles. The molecule has 3 N–H and O–H groups in total. The lowest BCUT2D eigenvalue weighted by atomic mass is 10.1. The van der Waals surface area contributed by atoms with Crippen molar-refractivity contribution in [3.05, 3.63) is 28.8 Å². The van der Waals surface area contributed by atoms with Gasteiger partial charge in [0.1, 0.15) is 0 Å². The van der Waals surface area contributed by atoms with Crippen molar-refractivity contribution in [3.8, 4) is 0 Å². The standard InChI is InChI=1S/C12H14ClF3N2O2/c1-20-5-4-9(17)11(19)18-10-6-7(12(14,15)16)2-3-8(10)13/h2-3,6,9H,4-5,17H2,1H3,(H,18,19). The van der Waals surface area contributed by atoms with E-state index >= 15 is 0 Å². The van der Waals surface area contributed by atoms with Crippen LogP contribution in [0.5, 0.6) is 0 Å². The average Bonchev–Trinajstić information content (AvgIpc) is 2.37. The fourth-order valence-electron chi connectivity index (χ4n) is 1.40. The van der Waals surface area contributed by atoms with Crippen molar-refractivity contribution in [1.82, 2.24) is 0 Å². The van der Waals surface area contributed by atoms with Gasteiger partial charge in [0, 0.05) is 13.7 Å². The Hall–Kier alpha value is -1.31. The third kappa shape index (κ3) is 4.66. The number of anilines is 1. The third-order valence-corrected chi connectivity index (χ3v) is 2.85. The molecule has 1 rings (SSSR count). The Morgan fingerprint density at radius 1 is 1.50 bits per heavy atom. The lowest BCUT2D eigenvalue weighted by Gasteiger charge is -2.14. The lowest BCUT2D eigenvalue weighted by Crippen LogP contribution is -2.36. The summed E-state index contributed by atoms with van der Waals surface area (Å²) in [5, 5.41) is 2.28. The molecule has 0 fully saturated rings. The summed E-state index contributed by atoms with van der Waals surface area (Å²) in [6.45, 7) is 0.269. The molecule has 0 saturated heterocycles. The second kappa shape index (κ2) is 6.92. The zero-order valence-electron chi connectivity index (χ0n) is 10.6. The minimum absolute atomic E-state index is 0.00490. The number of methoxy groups -OCH3 is 1. The van der Waals surface area contributed by atoms with Gasteiger partial charge in [-0.3, -0.25) is 4.79 Å². The van der Waals surface area contributed by atoms with Gasteiger partial charge in [-0.1, -0.05) is 11.6 Å². The van der Waals surface area contributed by atoms with Gasteiger partial charge in [0.25, 0.3) is 0 Å². The van der Waals surface area contributed by atoms with E-state index in [0.717, 1.165) is 18.2 Å². The number of alkyl halides is 3. The smallest absolute Gasteiger partial charge is 0.385 e. The number of hydrogen-bond donors (Lipinski definition) is 2. The molecule has 8 heteroatoms. The van der Waals surface area contributed by atoms with Gasteiger partial charge in [0.2, 0.25) is 5.91 Å². The first-order chi connectivity index (χ1) is 9.25. The minimum atomic E-state index is -4.51. The Morgan fingerprint density at radius 3 is 2.70 bits per heavy atom. The number of benzene rings is 1. The van der Waals surface area contributed by atoms with Crippen molar-refractivity contribution >= 4 is 23.2 Å². The van der Waals surface area contributed by atoms with E-state index in [9.17, 15) is 18.0 Å². The maximum absolute atomic E-state index is 12.6. The van der Waals surface area contributed by atoms with E-state index < -0.39 is 23.7 Å². The molecule has 0 aliphatic rings. The molecule has 0 heterocycles. The summed E-state index contributed by atoms with van der Waals surface area (Å²) in [4.78, 5) is 11.7. The van der Waals surface area contributed by atoms with E-state index in [1.165, 1.54) is 7.11 Å². The Morgan fingerprint density at radius 2 is 2.15 bits per heavy atom. The molecular formula is C12H14ClF3N2O2. The molecule has 0 bridgehead atoms. The fourth-order valence-corrected chi connectivity index (χ4v) is 1.56. The first kappa shape index (κ1) is 16.7. The number of hydrogen-bond acceptors (Lipinski definition) is 3. The molecule has 1 aromatic rings. The highest BCUT2D eigenvalue weighted by Crippen LogP contribution is 2.33. The summed E-state index contributed by atoms with van der Waals surface area (Å²) < 4.78 is 42.5. The number of halogens is 4. The number of amides is 1. The average molecular weight is 311 g/mol. The van der Waals surface area contributed by atoms with Crippen LogP contribution in [-0.2, 0) is 15.7 Å². The van der Waals surface area contributed by atoms with Gasteiger partial charge in [0.05, 0.1) is 22.3 Å². The van der Waals surface area contributed by atoms with Gasteiger partial charge in [-0.15, -0.1) is 0 Å². The first-order valence-electron chi connectivity index (χ1n) is 5.68. The van der Waals surface area contributed by atoms with E-state index in [-0.39, 0.29) is 23.7 Å². The van der Waals surface area contributed by atoms with Gasteiger partial charge in [-0.25, -0.2) is 0 Å². The SMILES string of the molecule is COCCC(N)C(=O)Nc1cc(C(F)(F)F)ccc1Cl. The first-order valence-corrected chi connectivity index (χ1v) is 6.05. The summed E-state index contributed by atoms with van der Waals surface area (Å²) in [7, 11) is 1.45. The molecule has 1 aromatic carbocycles. The Bertz CT molecular complexity index is 480. The van der Waals surface area contributed by atoms with Gasteiger partial charge in [-0.05, 0) is 24.6 Å². The van der Waals surface area contributed by atoms with E-state index in [4.69, 9.17) is 22.1 Å². The molecule has 1 atom stereocenters. The van der Waals surface area contributed by atoms with Crippen LogP contribution >= 0.6 is 11.6 Å². The Kier molecular flexibility index (Phi) is 5.79. The van der Waals surface area contributed by atoms with Crippen molar-refractivity contribution in [1.29, 1.82) is 0 Å². The number of nitrogens with one attached hydrogen (secondary N) is 1. The number of nitrogens with two attached hydrogens (primary N) is 1. The number of carbonyl (C=O) groups excluding carboxylic acids is 1. The van der Waals surface area contributed by atoms with Crippen molar-refractivity contribution < 1.29 is 22.7 Å². The van der Waals surface area contributed by atoms with Gasteiger partial charge in [0.15, 0.2) is 0 Å². The molecule has 0 aromatic heterocycles. The van der Waals surface area contributed by atoms with Crippen molar-refractivity contribution in [3.63, 3.8) is 0 Å². The van der Waals surface area contributed by atoms with Gasteiger partial charge in [-0.2, -0.15) is 13.2 Å². The summed E-state index contributed by atoms with van der Waals surface area (Å²) in [6, 6.07) is 1.79. The highest BCUT2D eigenvalue weighted by molar-refractivity contribution is 6.33. The lowest BCUT2D eigenvalue weighted by molar-refractivity contribution is -0.137. The third-order valence-electron chi connectivity index (χ3n) is 2.52. The van der Waals surface area contributed by atoms with Crippen molar-refractivity contribution in [2.75, 3.05) is 19.0 Å². The van der Waals surface area contributed by atoms with Crippen LogP contribution < -0.4 is 11.1 Å². The molecule has 20 heavy (non-hydrogen) atoms. The number of rotatable bonds is 5. The minimum Gasteiger partial charge on any atom is -0.385 e. The van der Waals surface area contributed by atoms with Gasteiger partial charge < -0.3 is 15.8 Å². The predicted molar refractivity (Wildman–Crippen MR) is 69.6 cm³/mol. The summed E-state index contributed by atoms with van der Waals surface area (Å²) in [5.74, 6) is -0.622. The highest BCUT2D eigenvalue weighted by Gasteiger charge is 2.31. The molecule has 4 nitrogen and oxygen atoms in total. The normalized spacial score (nSPS) is 13.1. The quantitative estimate of drug-likeness (QED) is 0.879. The molecule has 0 radical (unpaired) electrons. The molecule has 1 amide bonds. The van der Waals surface area contributed by atoms with Gasteiger partial charge >= 0.3 is 6.18 Å². The maximum Gasteiger partial charge on any atom is 0.416 e. The van der Waals surface area contributed by atoms with Crippen LogP contribution in [0.1, 0.15) is 12.0 Å². The van der Waals surface area contributed by atoms with Crippen LogP contribution in [0.15, 0.2) is 18.2 Å². The molecular weight excluding hydrogens is 297 g/mol. The highest BCUT2D eigenvalue weighted by atomic mass is 35.5. The van der Waals surface area contributed by atoms with E-state index in [2.05, 4.69) is 5.32 Å². The zero-order valence-corrected chi connectivity index (χ0v) is 11.4. The zero-order chi connectivity index (χ0) is 15.3. The molecule has 0 spiro atoms. The summed E-state index contributed by atoms with van der Waals surface area (Å²) >= 11 is 5.75. The topological polar surface area (TPSA) is 64.3 Å². The second-order valence-electron chi connectivity index (χ2n) is 4.07. The van der Waals surface area contributed by atoms with Crippen LogP contribution in [0.25, 0.3) is 0 Å². The van der Waals surface area contributed by atoms with E-state index in [1.54, 1.807) is 0 Å². The van der Waals surface area contributed by atoms with Crippen molar-refractivity contribution in [2.24, 2.45) is 5.73 Å². The van der Waals surface area contributed by atoms with Crippen LogP contribution in [0.3, 0.4) is 0 Å². The van der Waals surface area contributed by atoms with E-state index in [1.807, 2.05) is 0 Å². The Labute approximate surface area is 119 Å². The van der Waals surface area contributed by atoms with Crippen molar-refractivity contribution in [2.45, 2.75) is 18.6 Å². The number of carbonyl (C=O) groups is 1. The number of ether oxygens (including phenoxy) is 1. The summed E-state index contributed by atoms with van der Waals surface area (Å²) in [5.41, 5.74) is 4.54. The maximum atomic E-state index is 12.6. The van der Waals surface area contributed by atoms with Crippen LogP contribution in [-0.4, -0.2) is 25.7 Å². The fraction of sp³-hybridized carbons (Fsp3) is 0.417. The summed E-state index contributed by atoms with van der Waals surface area (Å²) in [6.07, 6.45) is -4.26. The monoisotopic (exact) mass is 310 g/mol. The van der Waals surface area contributed by atoms with Crippen LogP contribution in [0.2, 0.25) is 5.02 Å². The molecule has 1 unspecified atom stereocenters. The molecule has 0 aliphatic heterocycles.